The van der Waals surface area contributed by atoms with E-state index in [0.29, 0.717) is 17.3 Å². The monoisotopic (exact) mass is 320 g/mol. The second kappa shape index (κ2) is 6.87. The van der Waals surface area contributed by atoms with Gasteiger partial charge in [0.15, 0.2) is 11.6 Å². The van der Waals surface area contributed by atoms with Gasteiger partial charge in [-0.15, -0.1) is 0 Å². The fourth-order valence-electron chi connectivity index (χ4n) is 2.20. The van der Waals surface area contributed by atoms with Gasteiger partial charge in [-0.2, -0.15) is 0 Å². The summed E-state index contributed by atoms with van der Waals surface area (Å²) in [5.41, 5.74) is 17.0. The molecule has 0 radical (unpaired) electrons. The van der Waals surface area contributed by atoms with Gasteiger partial charge in [0.05, 0.1) is 5.69 Å². The first kappa shape index (κ1) is 15.6. The molecule has 0 unspecified atom stereocenters. The van der Waals surface area contributed by atoms with Crippen molar-refractivity contribution in [2.24, 2.45) is 0 Å². The Bertz CT molecular complexity index is 832. The normalized spacial score (nSPS) is 10.2. The second-order valence-corrected chi connectivity index (χ2v) is 5.52. The van der Waals surface area contributed by atoms with Gasteiger partial charge in [0, 0.05) is 5.69 Å². The predicted octanol–water partition coefficient (Wildman–Crippen LogP) is 3.86. The summed E-state index contributed by atoms with van der Waals surface area (Å²) in [4.78, 5) is 8.40. The molecule has 0 amide bonds. The summed E-state index contributed by atoms with van der Waals surface area (Å²) in [5, 5.41) is 3.23. The summed E-state index contributed by atoms with van der Waals surface area (Å²) in [5.74, 6) is 1.07. The van der Waals surface area contributed by atoms with Crippen molar-refractivity contribution in [1.29, 1.82) is 0 Å². The molecule has 0 bridgehead atoms. The number of hydrazine groups is 1. The Balaban J connectivity index is 1.76. The molecule has 122 valence electrons. The highest BCUT2D eigenvalue weighted by molar-refractivity contribution is 5.78. The number of anilines is 5. The first-order valence-corrected chi connectivity index (χ1v) is 7.65. The number of nitrogens with zero attached hydrogens (tertiary/aromatic N) is 2. The lowest BCUT2D eigenvalue weighted by Crippen LogP contribution is -2.13. The standard InChI is InChI=1S/C18H20N6/c1-12-8-9-15(10-13(12)2)22-17-16(19)18(21-11-20-17)24-23-14-6-4-3-5-7-14/h3-11,23H,19H2,1-2H3,(H2,20,21,22,24). The van der Waals surface area contributed by atoms with E-state index < -0.39 is 0 Å². The van der Waals surface area contributed by atoms with Crippen molar-refractivity contribution in [3.8, 4) is 0 Å². The van der Waals surface area contributed by atoms with E-state index in [1.54, 1.807) is 0 Å². The van der Waals surface area contributed by atoms with E-state index in [1.807, 2.05) is 36.4 Å². The first-order chi connectivity index (χ1) is 11.6. The number of aromatic nitrogens is 2. The van der Waals surface area contributed by atoms with Crippen LogP contribution < -0.4 is 21.9 Å². The summed E-state index contributed by atoms with van der Waals surface area (Å²) in [6.07, 6.45) is 1.47. The third-order valence-electron chi connectivity index (χ3n) is 3.75. The highest BCUT2D eigenvalue weighted by Gasteiger charge is 2.08. The topological polar surface area (TPSA) is 87.9 Å². The van der Waals surface area contributed by atoms with Crippen LogP contribution in [-0.2, 0) is 0 Å². The summed E-state index contributed by atoms with van der Waals surface area (Å²) in [6.45, 7) is 4.15. The Morgan fingerprint density at radius 2 is 1.54 bits per heavy atom. The van der Waals surface area contributed by atoms with Crippen LogP contribution in [0.5, 0.6) is 0 Å². The van der Waals surface area contributed by atoms with E-state index in [0.717, 1.165) is 11.4 Å². The highest BCUT2D eigenvalue weighted by Crippen LogP contribution is 2.26. The third kappa shape index (κ3) is 3.55. The van der Waals surface area contributed by atoms with Crippen molar-refractivity contribution in [3.05, 3.63) is 66.0 Å². The molecule has 3 rings (SSSR count). The molecular formula is C18H20N6. The number of rotatable bonds is 5. The molecule has 1 aromatic heterocycles. The lowest BCUT2D eigenvalue weighted by Gasteiger charge is -2.14. The molecule has 0 fully saturated rings. The van der Waals surface area contributed by atoms with E-state index in [4.69, 9.17) is 5.73 Å². The van der Waals surface area contributed by atoms with Crippen LogP contribution >= 0.6 is 0 Å². The van der Waals surface area contributed by atoms with Crippen LogP contribution in [0.3, 0.4) is 0 Å². The van der Waals surface area contributed by atoms with Gasteiger partial charge in [-0.05, 0) is 49.2 Å². The number of nitrogens with one attached hydrogen (secondary N) is 3. The van der Waals surface area contributed by atoms with E-state index in [2.05, 4.69) is 52.1 Å². The Labute approximate surface area is 141 Å². The summed E-state index contributed by atoms with van der Waals surface area (Å²) < 4.78 is 0. The lowest BCUT2D eigenvalue weighted by molar-refractivity contribution is 1.16. The number of hydrogen-bond donors (Lipinski definition) is 4. The fraction of sp³-hybridized carbons (Fsp3) is 0.111. The van der Waals surface area contributed by atoms with Gasteiger partial charge < -0.3 is 11.1 Å². The van der Waals surface area contributed by atoms with Gasteiger partial charge >= 0.3 is 0 Å². The maximum Gasteiger partial charge on any atom is 0.173 e. The van der Waals surface area contributed by atoms with Crippen LogP contribution in [0.25, 0.3) is 0 Å². The Morgan fingerprint density at radius 1 is 0.792 bits per heavy atom. The molecule has 1 heterocycles. The minimum atomic E-state index is 0.444. The van der Waals surface area contributed by atoms with Gasteiger partial charge in [0.1, 0.15) is 12.0 Å². The number of aryl methyl sites for hydroxylation is 2. The largest absolute Gasteiger partial charge is 0.393 e. The highest BCUT2D eigenvalue weighted by atomic mass is 15.4. The third-order valence-corrected chi connectivity index (χ3v) is 3.75. The lowest BCUT2D eigenvalue weighted by atomic mass is 10.1. The van der Waals surface area contributed by atoms with Gasteiger partial charge in [0.25, 0.3) is 0 Å². The number of nitrogen functional groups attached to an aromatic ring is 1. The molecule has 0 atom stereocenters. The maximum atomic E-state index is 6.17. The van der Waals surface area contributed by atoms with Gasteiger partial charge in [-0.3, -0.25) is 10.9 Å². The maximum absolute atomic E-state index is 6.17. The molecule has 0 aliphatic heterocycles. The Kier molecular flexibility index (Phi) is 4.47. The molecule has 0 spiro atoms. The molecule has 6 heteroatoms. The minimum Gasteiger partial charge on any atom is -0.393 e. The van der Waals surface area contributed by atoms with E-state index in [9.17, 15) is 0 Å². The predicted molar refractivity (Wildman–Crippen MR) is 99.3 cm³/mol. The molecule has 6 nitrogen and oxygen atoms in total. The number of nitrogens with two attached hydrogens (primary N) is 1. The minimum absolute atomic E-state index is 0.444. The molecule has 0 aliphatic carbocycles. The van der Waals surface area contributed by atoms with Gasteiger partial charge in [-0.25, -0.2) is 9.97 Å². The number of benzene rings is 2. The summed E-state index contributed by atoms with van der Waals surface area (Å²) >= 11 is 0. The zero-order valence-electron chi connectivity index (χ0n) is 13.7. The molecule has 5 N–H and O–H groups in total. The molecule has 0 aliphatic rings. The summed E-state index contributed by atoms with van der Waals surface area (Å²) in [6, 6.07) is 15.9. The molecule has 0 saturated carbocycles. The number of para-hydroxylation sites is 1. The SMILES string of the molecule is Cc1ccc(Nc2ncnc(NNc3ccccc3)c2N)cc1C. The zero-order chi connectivity index (χ0) is 16.9. The van der Waals surface area contributed by atoms with E-state index in [1.165, 1.54) is 17.5 Å². The van der Waals surface area contributed by atoms with Crippen molar-refractivity contribution in [2.75, 3.05) is 21.9 Å². The van der Waals surface area contributed by atoms with Crippen LogP contribution in [0.1, 0.15) is 11.1 Å². The Morgan fingerprint density at radius 3 is 2.29 bits per heavy atom. The average Bonchev–Trinajstić information content (AvgIpc) is 2.60. The molecular weight excluding hydrogens is 300 g/mol. The molecule has 24 heavy (non-hydrogen) atoms. The van der Waals surface area contributed by atoms with Crippen LogP contribution in [0.4, 0.5) is 28.7 Å². The van der Waals surface area contributed by atoms with Crippen molar-refractivity contribution in [1.82, 2.24) is 9.97 Å². The van der Waals surface area contributed by atoms with Crippen LogP contribution in [0.2, 0.25) is 0 Å². The fourth-order valence-corrected chi connectivity index (χ4v) is 2.20. The van der Waals surface area contributed by atoms with Gasteiger partial charge in [-0.1, -0.05) is 24.3 Å². The van der Waals surface area contributed by atoms with Crippen LogP contribution in [-0.4, -0.2) is 9.97 Å². The average molecular weight is 320 g/mol. The zero-order valence-corrected chi connectivity index (χ0v) is 13.7. The van der Waals surface area contributed by atoms with Gasteiger partial charge in [0.2, 0.25) is 0 Å². The van der Waals surface area contributed by atoms with Crippen LogP contribution in [0, 0.1) is 13.8 Å². The van der Waals surface area contributed by atoms with Crippen LogP contribution in [0.15, 0.2) is 54.9 Å². The molecule has 2 aromatic carbocycles. The van der Waals surface area contributed by atoms with Crippen molar-refractivity contribution >= 4 is 28.7 Å². The van der Waals surface area contributed by atoms with Crippen molar-refractivity contribution in [3.63, 3.8) is 0 Å². The van der Waals surface area contributed by atoms with E-state index in [-0.39, 0.29) is 0 Å². The molecule has 0 saturated heterocycles. The molecule has 3 aromatic rings. The van der Waals surface area contributed by atoms with Crippen molar-refractivity contribution in [2.45, 2.75) is 13.8 Å². The van der Waals surface area contributed by atoms with Crippen molar-refractivity contribution < 1.29 is 0 Å². The summed E-state index contributed by atoms with van der Waals surface area (Å²) in [7, 11) is 0. The van der Waals surface area contributed by atoms with E-state index >= 15 is 0 Å². The quantitative estimate of drug-likeness (QED) is 0.534. The smallest absolute Gasteiger partial charge is 0.173 e. The number of hydrogen-bond acceptors (Lipinski definition) is 6. The Hall–Kier alpha value is -3.28. The second-order valence-electron chi connectivity index (χ2n) is 5.52. The first-order valence-electron chi connectivity index (χ1n) is 7.65.